The topological polar surface area (TPSA) is 77.3 Å². The lowest BCUT2D eigenvalue weighted by Crippen LogP contribution is -2.22. The number of nitrogens with two attached hydrogens (primary N) is 2. The predicted octanol–water partition coefficient (Wildman–Crippen LogP) is 2.64. The number of thiazole rings is 1. The first-order chi connectivity index (χ1) is 9.45. The Morgan fingerprint density at radius 2 is 2.05 bits per heavy atom. The van der Waals surface area contributed by atoms with Crippen LogP contribution in [0.5, 0.6) is 0 Å². The van der Waals surface area contributed by atoms with Crippen molar-refractivity contribution < 1.29 is 0 Å². The number of aromatic nitrogens is 1. The van der Waals surface area contributed by atoms with Gasteiger partial charge in [0.1, 0.15) is 0 Å². The van der Waals surface area contributed by atoms with E-state index in [1.54, 1.807) is 12.1 Å². The maximum atomic E-state index is 5.90. The molecule has 1 heterocycles. The first-order valence-corrected chi connectivity index (χ1v) is 7.01. The van der Waals surface area contributed by atoms with Crippen LogP contribution in [0.2, 0.25) is 5.02 Å². The minimum absolute atomic E-state index is 0.0280. The number of nitrogens with zero attached hydrogens (tertiary/aromatic N) is 2. The van der Waals surface area contributed by atoms with E-state index in [-0.39, 0.29) is 5.96 Å². The van der Waals surface area contributed by atoms with Gasteiger partial charge in [0, 0.05) is 10.4 Å². The van der Waals surface area contributed by atoms with Gasteiger partial charge in [-0.25, -0.2) is 4.98 Å². The molecule has 0 radical (unpaired) electrons. The number of guanidine groups is 1. The lowest BCUT2D eigenvalue weighted by Gasteiger charge is -2.22. The van der Waals surface area contributed by atoms with Crippen molar-refractivity contribution in [3.63, 3.8) is 0 Å². The Kier molecular flexibility index (Phi) is 3.98. The number of rotatable bonds is 3. The van der Waals surface area contributed by atoms with Crippen LogP contribution < -0.4 is 11.5 Å². The van der Waals surface area contributed by atoms with Gasteiger partial charge in [-0.15, -0.1) is 17.8 Å². The van der Waals surface area contributed by atoms with E-state index >= 15 is 0 Å². The smallest absolute Gasteiger partial charge is 0.212 e. The summed E-state index contributed by atoms with van der Waals surface area (Å²) in [5.41, 5.74) is 11.7. The molecule has 0 saturated heterocycles. The fraction of sp³-hybridized carbons (Fsp3) is 0.143. The summed E-state index contributed by atoms with van der Waals surface area (Å²) in [5, 5.41) is 3.00. The largest absolute Gasteiger partial charge is 0.370 e. The average molecular weight is 305 g/mol. The van der Waals surface area contributed by atoms with Gasteiger partial charge in [-0.2, -0.15) is 4.99 Å². The zero-order valence-electron chi connectivity index (χ0n) is 10.8. The summed E-state index contributed by atoms with van der Waals surface area (Å²) in [6.45, 7) is 1.92. The third kappa shape index (κ3) is 2.77. The van der Waals surface area contributed by atoms with Gasteiger partial charge < -0.3 is 11.5 Å². The van der Waals surface area contributed by atoms with Crippen LogP contribution in [0.4, 0.5) is 5.13 Å². The van der Waals surface area contributed by atoms with Crippen molar-refractivity contribution in [3.05, 3.63) is 45.9 Å². The van der Waals surface area contributed by atoms with Crippen molar-refractivity contribution in [3.8, 4) is 12.3 Å². The maximum Gasteiger partial charge on any atom is 0.212 e. The third-order valence-corrected chi connectivity index (χ3v) is 3.93. The molecule has 0 fully saturated rings. The maximum absolute atomic E-state index is 5.90. The van der Waals surface area contributed by atoms with Gasteiger partial charge in [0.2, 0.25) is 5.13 Å². The van der Waals surface area contributed by atoms with Gasteiger partial charge in [0.05, 0.1) is 11.1 Å². The van der Waals surface area contributed by atoms with E-state index in [0.717, 1.165) is 11.3 Å². The van der Waals surface area contributed by atoms with Crippen molar-refractivity contribution in [1.29, 1.82) is 0 Å². The molecule has 20 heavy (non-hydrogen) atoms. The first-order valence-electron chi connectivity index (χ1n) is 5.75. The average Bonchev–Trinajstić information content (AvgIpc) is 2.87. The standard InChI is InChI=1S/C14H13ClN4S/c1-3-14(2,9-4-6-10(15)7-5-9)11-8-20-13(18-11)19-12(16)17/h1,4-8H,2H3,(H4,16,17,18,19). The number of hydrogen-bond acceptors (Lipinski definition) is 3. The fourth-order valence-corrected chi connectivity index (χ4v) is 2.68. The molecule has 2 aromatic rings. The Bertz CT molecular complexity index is 680. The zero-order chi connectivity index (χ0) is 14.8. The number of halogens is 1. The molecule has 1 unspecified atom stereocenters. The summed E-state index contributed by atoms with van der Waals surface area (Å²) >= 11 is 7.24. The highest BCUT2D eigenvalue weighted by Crippen LogP contribution is 2.34. The minimum atomic E-state index is -0.655. The molecular formula is C14H13ClN4S. The van der Waals surface area contributed by atoms with Crippen LogP contribution in [-0.2, 0) is 5.41 Å². The minimum Gasteiger partial charge on any atom is -0.370 e. The number of hydrogen-bond donors (Lipinski definition) is 2. The van der Waals surface area contributed by atoms with Crippen LogP contribution in [0.15, 0.2) is 34.6 Å². The van der Waals surface area contributed by atoms with Gasteiger partial charge >= 0.3 is 0 Å². The SMILES string of the molecule is C#CC(C)(c1ccc(Cl)cc1)c1csc(N=C(N)N)n1. The van der Waals surface area contributed by atoms with Crippen molar-refractivity contribution in [2.24, 2.45) is 16.5 Å². The van der Waals surface area contributed by atoms with Gasteiger partial charge in [-0.1, -0.05) is 29.7 Å². The summed E-state index contributed by atoms with van der Waals surface area (Å²) in [7, 11) is 0. The molecule has 102 valence electrons. The van der Waals surface area contributed by atoms with E-state index in [1.807, 2.05) is 24.4 Å². The molecule has 1 aromatic heterocycles. The lowest BCUT2D eigenvalue weighted by atomic mass is 9.81. The van der Waals surface area contributed by atoms with Crippen LogP contribution in [0, 0.1) is 12.3 Å². The van der Waals surface area contributed by atoms with Gasteiger partial charge in [0.15, 0.2) is 5.96 Å². The lowest BCUT2D eigenvalue weighted by molar-refractivity contribution is 0.729. The molecule has 1 atom stereocenters. The van der Waals surface area contributed by atoms with Crippen LogP contribution in [-0.4, -0.2) is 10.9 Å². The Hall–Kier alpha value is -2.03. The van der Waals surface area contributed by atoms with E-state index in [4.69, 9.17) is 29.5 Å². The van der Waals surface area contributed by atoms with Crippen LogP contribution in [0.1, 0.15) is 18.2 Å². The summed E-state index contributed by atoms with van der Waals surface area (Å²) < 4.78 is 0. The molecule has 6 heteroatoms. The molecule has 0 aliphatic heterocycles. The Labute approximate surface area is 126 Å². The summed E-state index contributed by atoms with van der Waals surface area (Å²) in [4.78, 5) is 8.31. The molecular weight excluding hydrogens is 292 g/mol. The van der Waals surface area contributed by atoms with Crippen molar-refractivity contribution in [2.75, 3.05) is 0 Å². The number of terminal acetylenes is 1. The molecule has 1 aromatic carbocycles. The van der Waals surface area contributed by atoms with E-state index < -0.39 is 5.41 Å². The summed E-state index contributed by atoms with van der Waals surface area (Å²) in [5.74, 6) is 2.76. The van der Waals surface area contributed by atoms with Gasteiger partial charge in [0.25, 0.3) is 0 Å². The second-order valence-electron chi connectivity index (χ2n) is 4.33. The molecule has 4 N–H and O–H groups in total. The fourth-order valence-electron chi connectivity index (χ4n) is 1.74. The second-order valence-corrected chi connectivity index (χ2v) is 5.60. The van der Waals surface area contributed by atoms with Crippen molar-refractivity contribution >= 4 is 34.0 Å². The molecule has 0 aliphatic carbocycles. The Morgan fingerprint density at radius 3 is 2.60 bits per heavy atom. The van der Waals surface area contributed by atoms with Crippen LogP contribution in [0.25, 0.3) is 0 Å². The molecule has 0 saturated carbocycles. The van der Waals surface area contributed by atoms with Crippen LogP contribution in [0.3, 0.4) is 0 Å². The monoisotopic (exact) mass is 304 g/mol. The summed E-state index contributed by atoms with van der Waals surface area (Å²) in [6, 6.07) is 7.38. The number of benzene rings is 1. The molecule has 0 aliphatic rings. The molecule has 0 spiro atoms. The first kappa shape index (κ1) is 14.4. The zero-order valence-corrected chi connectivity index (χ0v) is 12.4. The molecule has 4 nitrogen and oxygen atoms in total. The Balaban J connectivity index is 2.46. The van der Waals surface area contributed by atoms with E-state index in [1.165, 1.54) is 11.3 Å². The Morgan fingerprint density at radius 1 is 1.40 bits per heavy atom. The highest BCUT2D eigenvalue weighted by atomic mass is 35.5. The summed E-state index contributed by atoms with van der Waals surface area (Å²) in [6.07, 6.45) is 5.72. The normalized spacial score (nSPS) is 13.2. The van der Waals surface area contributed by atoms with Crippen molar-refractivity contribution in [1.82, 2.24) is 4.98 Å². The van der Waals surface area contributed by atoms with Gasteiger partial charge in [-0.05, 0) is 24.6 Å². The van der Waals surface area contributed by atoms with Crippen LogP contribution >= 0.6 is 22.9 Å². The third-order valence-electron chi connectivity index (χ3n) is 2.94. The highest BCUT2D eigenvalue weighted by Gasteiger charge is 2.29. The molecule has 2 rings (SSSR count). The highest BCUT2D eigenvalue weighted by molar-refractivity contribution is 7.13. The van der Waals surface area contributed by atoms with Crippen molar-refractivity contribution in [2.45, 2.75) is 12.3 Å². The van der Waals surface area contributed by atoms with E-state index in [2.05, 4.69) is 15.9 Å². The number of aliphatic imine (C=N–C) groups is 1. The second kappa shape index (κ2) is 5.53. The molecule has 0 amide bonds. The predicted molar refractivity (Wildman–Crippen MR) is 84.3 cm³/mol. The quantitative estimate of drug-likeness (QED) is 0.520. The van der Waals surface area contributed by atoms with E-state index in [9.17, 15) is 0 Å². The van der Waals surface area contributed by atoms with E-state index in [0.29, 0.717) is 10.2 Å². The molecule has 0 bridgehead atoms. The van der Waals surface area contributed by atoms with Gasteiger partial charge in [-0.3, -0.25) is 0 Å².